The number of aliphatic carboxylic acids is 1. The number of carboxylic acids is 1. The van der Waals surface area contributed by atoms with Gasteiger partial charge in [-0.3, -0.25) is 9.59 Å². The SMILES string of the molecule is CC(CNC(=O)C1COCC1NC(=O)OCC1c2ccccc2-c2ccccc21)CC(=O)O. The van der Waals surface area contributed by atoms with Gasteiger partial charge in [-0.2, -0.15) is 0 Å². The van der Waals surface area contributed by atoms with Gasteiger partial charge in [0.25, 0.3) is 0 Å². The quantitative estimate of drug-likeness (QED) is 0.568. The van der Waals surface area contributed by atoms with E-state index < -0.39 is 24.0 Å². The minimum Gasteiger partial charge on any atom is -0.481 e. The summed E-state index contributed by atoms with van der Waals surface area (Å²) in [6, 6.07) is 15.7. The van der Waals surface area contributed by atoms with E-state index in [0.717, 1.165) is 22.3 Å². The van der Waals surface area contributed by atoms with Crippen molar-refractivity contribution in [1.29, 1.82) is 0 Å². The molecule has 174 valence electrons. The second kappa shape index (κ2) is 10.0. The number of carbonyl (C=O) groups is 3. The number of fused-ring (bicyclic) bond motifs is 3. The lowest BCUT2D eigenvalue weighted by molar-refractivity contribution is -0.138. The molecule has 2 aromatic carbocycles. The number of alkyl carbamates (subject to hydrolysis) is 1. The summed E-state index contributed by atoms with van der Waals surface area (Å²) in [6.07, 6.45) is -0.618. The Kier molecular flexibility index (Phi) is 6.93. The second-order valence-corrected chi connectivity index (χ2v) is 8.67. The molecule has 3 N–H and O–H groups in total. The van der Waals surface area contributed by atoms with Gasteiger partial charge in [-0.05, 0) is 28.2 Å². The zero-order valence-corrected chi connectivity index (χ0v) is 18.5. The van der Waals surface area contributed by atoms with Crippen LogP contribution in [-0.4, -0.2) is 55.5 Å². The van der Waals surface area contributed by atoms with E-state index in [-0.39, 0.29) is 50.5 Å². The molecule has 0 spiro atoms. The third-order valence-corrected chi connectivity index (χ3v) is 6.21. The highest BCUT2D eigenvalue weighted by Crippen LogP contribution is 2.44. The second-order valence-electron chi connectivity index (χ2n) is 8.67. The Labute approximate surface area is 192 Å². The number of hydrogen-bond donors (Lipinski definition) is 3. The summed E-state index contributed by atoms with van der Waals surface area (Å²) in [7, 11) is 0. The van der Waals surface area contributed by atoms with E-state index in [2.05, 4.69) is 34.9 Å². The molecule has 2 amide bonds. The molecule has 1 aliphatic heterocycles. The fourth-order valence-electron chi connectivity index (χ4n) is 4.52. The number of rotatable bonds is 8. The lowest BCUT2D eigenvalue weighted by atomic mass is 9.98. The van der Waals surface area contributed by atoms with Gasteiger partial charge in [-0.15, -0.1) is 0 Å². The maximum atomic E-state index is 12.5. The van der Waals surface area contributed by atoms with Crippen LogP contribution in [0.1, 0.15) is 30.4 Å². The third-order valence-electron chi connectivity index (χ3n) is 6.21. The number of nitrogens with one attached hydrogen (secondary N) is 2. The molecular weight excluding hydrogens is 424 g/mol. The molecular formula is C25H28N2O6. The van der Waals surface area contributed by atoms with Crippen molar-refractivity contribution in [3.8, 4) is 11.1 Å². The molecule has 3 atom stereocenters. The Morgan fingerprint density at radius 1 is 1.06 bits per heavy atom. The molecule has 1 saturated heterocycles. The fourth-order valence-corrected chi connectivity index (χ4v) is 4.52. The van der Waals surface area contributed by atoms with Gasteiger partial charge in [0, 0.05) is 18.9 Å². The summed E-state index contributed by atoms with van der Waals surface area (Å²) in [5, 5.41) is 14.4. The summed E-state index contributed by atoms with van der Waals surface area (Å²) in [5.74, 6) is -1.97. The van der Waals surface area contributed by atoms with Crippen LogP contribution in [0.3, 0.4) is 0 Å². The first-order chi connectivity index (χ1) is 15.9. The van der Waals surface area contributed by atoms with Crippen LogP contribution in [0.5, 0.6) is 0 Å². The third kappa shape index (κ3) is 5.17. The van der Waals surface area contributed by atoms with Gasteiger partial charge in [0.1, 0.15) is 6.61 Å². The number of ether oxygens (including phenoxy) is 2. The van der Waals surface area contributed by atoms with Gasteiger partial charge in [-0.25, -0.2) is 4.79 Å². The van der Waals surface area contributed by atoms with Gasteiger partial charge in [-0.1, -0.05) is 55.5 Å². The van der Waals surface area contributed by atoms with Crippen LogP contribution in [0.25, 0.3) is 11.1 Å². The smallest absolute Gasteiger partial charge is 0.407 e. The van der Waals surface area contributed by atoms with Gasteiger partial charge >= 0.3 is 12.1 Å². The molecule has 0 saturated carbocycles. The predicted octanol–water partition coefficient (Wildman–Crippen LogP) is 2.77. The van der Waals surface area contributed by atoms with E-state index in [0.29, 0.717) is 0 Å². The maximum absolute atomic E-state index is 12.5. The van der Waals surface area contributed by atoms with E-state index in [1.807, 2.05) is 24.3 Å². The molecule has 33 heavy (non-hydrogen) atoms. The fraction of sp³-hybridized carbons (Fsp3) is 0.400. The normalized spacial score (nSPS) is 19.9. The van der Waals surface area contributed by atoms with Gasteiger partial charge < -0.3 is 25.2 Å². The molecule has 2 aromatic rings. The molecule has 2 aliphatic rings. The highest BCUT2D eigenvalue weighted by atomic mass is 16.5. The molecule has 0 bridgehead atoms. The molecule has 3 unspecified atom stereocenters. The first-order valence-corrected chi connectivity index (χ1v) is 11.1. The van der Waals surface area contributed by atoms with Crippen molar-refractivity contribution < 1.29 is 29.0 Å². The van der Waals surface area contributed by atoms with Crippen molar-refractivity contribution in [2.75, 3.05) is 26.4 Å². The van der Waals surface area contributed by atoms with Crippen LogP contribution in [0.2, 0.25) is 0 Å². The zero-order valence-electron chi connectivity index (χ0n) is 18.5. The minimum absolute atomic E-state index is 0.0249. The van der Waals surface area contributed by atoms with Crippen molar-refractivity contribution in [3.63, 3.8) is 0 Å². The molecule has 8 heteroatoms. The van der Waals surface area contributed by atoms with E-state index in [4.69, 9.17) is 14.6 Å². The van der Waals surface area contributed by atoms with Crippen LogP contribution in [0.4, 0.5) is 4.79 Å². The Morgan fingerprint density at radius 3 is 2.33 bits per heavy atom. The van der Waals surface area contributed by atoms with Crippen LogP contribution in [-0.2, 0) is 19.1 Å². The van der Waals surface area contributed by atoms with Crippen LogP contribution in [0.15, 0.2) is 48.5 Å². The average Bonchev–Trinajstić information content (AvgIpc) is 3.38. The zero-order chi connectivity index (χ0) is 23.4. The highest BCUT2D eigenvalue weighted by molar-refractivity contribution is 5.81. The maximum Gasteiger partial charge on any atom is 0.407 e. The molecule has 1 aliphatic carbocycles. The molecule has 4 rings (SSSR count). The lowest BCUT2D eigenvalue weighted by Gasteiger charge is -2.20. The van der Waals surface area contributed by atoms with E-state index >= 15 is 0 Å². The Hall–Kier alpha value is -3.39. The predicted molar refractivity (Wildman–Crippen MR) is 121 cm³/mol. The number of hydrogen-bond acceptors (Lipinski definition) is 5. The number of benzene rings is 2. The van der Waals surface area contributed by atoms with E-state index in [1.54, 1.807) is 6.92 Å². The first kappa shape index (κ1) is 22.8. The van der Waals surface area contributed by atoms with Crippen molar-refractivity contribution in [3.05, 3.63) is 59.7 Å². The van der Waals surface area contributed by atoms with Crippen molar-refractivity contribution >= 4 is 18.0 Å². The summed E-state index contributed by atoms with van der Waals surface area (Å²) in [5.41, 5.74) is 4.56. The number of carboxylic acid groups (broad SMARTS) is 1. The van der Waals surface area contributed by atoms with Crippen LogP contribution in [0, 0.1) is 11.8 Å². The summed E-state index contributed by atoms with van der Waals surface area (Å²) < 4.78 is 11.0. The van der Waals surface area contributed by atoms with Crippen molar-refractivity contribution in [1.82, 2.24) is 10.6 Å². The summed E-state index contributed by atoms with van der Waals surface area (Å²) in [4.78, 5) is 35.9. The standard InChI is InChI=1S/C25H28N2O6/c1-15(10-23(28)29)11-26-24(30)21-12-32-14-22(21)27-25(31)33-13-20-18-8-4-2-6-16(18)17-7-3-5-9-19(17)20/h2-9,15,20-22H,10-14H2,1H3,(H,26,30)(H,27,31)(H,28,29). The summed E-state index contributed by atoms with van der Waals surface area (Å²) >= 11 is 0. The number of amides is 2. The van der Waals surface area contributed by atoms with Gasteiger partial charge in [0.2, 0.25) is 5.91 Å². The molecule has 8 nitrogen and oxygen atoms in total. The largest absolute Gasteiger partial charge is 0.481 e. The van der Waals surface area contributed by atoms with E-state index in [9.17, 15) is 14.4 Å². The van der Waals surface area contributed by atoms with E-state index in [1.165, 1.54) is 0 Å². The molecule has 0 aromatic heterocycles. The van der Waals surface area contributed by atoms with Crippen LogP contribution < -0.4 is 10.6 Å². The summed E-state index contributed by atoms with van der Waals surface area (Å²) in [6.45, 7) is 2.60. The monoisotopic (exact) mass is 452 g/mol. The van der Waals surface area contributed by atoms with Gasteiger partial charge in [0.15, 0.2) is 0 Å². The van der Waals surface area contributed by atoms with Crippen molar-refractivity contribution in [2.24, 2.45) is 11.8 Å². The Morgan fingerprint density at radius 2 is 1.70 bits per heavy atom. The molecule has 1 fully saturated rings. The minimum atomic E-state index is -0.907. The molecule has 0 radical (unpaired) electrons. The topological polar surface area (TPSA) is 114 Å². The number of carbonyl (C=O) groups excluding carboxylic acids is 2. The Bertz CT molecular complexity index is 994. The van der Waals surface area contributed by atoms with Gasteiger partial charge in [0.05, 0.1) is 25.2 Å². The highest BCUT2D eigenvalue weighted by Gasteiger charge is 2.36. The Balaban J connectivity index is 1.32. The lowest BCUT2D eigenvalue weighted by Crippen LogP contribution is -2.47. The van der Waals surface area contributed by atoms with Crippen molar-refractivity contribution in [2.45, 2.75) is 25.3 Å². The molecule has 1 heterocycles. The average molecular weight is 453 g/mol. The first-order valence-electron chi connectivity index (χ1n) is 11.1. The van der Waals surface area contributed by atoms with Crippen LogP contribution >= 0.6 is 0 Å².